The van der Waals surface area contributed by atoms with E-state index in [-0.39, 0.29) is 5.82 Å². The Bertz CT molecular complexity index is 983. The second-order valence-corrected chi connectivity index (χ2v) is 6.24. The maximum atomic E-state index is 12.2. The Morgan fingerprint density at radius 3 is 2.52 bits per heavy atom. The number of carbonyl (C=O) groups excluding carboxylic acids is 2. The zero-order chi connectivity index (χ0) is 19.4. The number of aromatic nitrogens is 3. The van der Waals surface area contributed by atoms with Gasteiger partial charge < -0.3 is 10.1 Å². The number of nitrogens with zero attached hydrogens (tertiary/aromatic N) is 3. The maximum absolute atomic E-state index is 12.2. The van der Waals surface area contributed by atoms with E-state index >= 15 is 0 Å². The van der Waals surface area contributed by atoms with Crippen molar-refractivity contribution in [2.24, 2.45) is 0 Å². The Morgan fingerprint density at radius 2 is 1.81 bits per heavy atom. The van der Waals surface area contributed by atoms with E-state index in [1.54, 1.807) is 43.3 Å². The molecule has 7 nitrogen and oxygen atoms in total. The minimum absolute atomic E-state index is 0.143. The average molecular weight is 385 g/mol. The summed E-state index contributed by atoms with van der Waals surface area (Å²) in [5.74, 6) is -0.910. The predicted molar refractivity (Wildman–Crippen MR) is 101 cm³/mol. The highest BCUT2D eigenvalue weighted by molar-refractivity contribution is 6.32. The second kappa shape index (κ2) is 8.01. The fraction of sp³-hybridized carbons (Fsp3) is 0.158. The summed E-state index contributed by atoms with van der Waals surface area (Å²) in [6, 6.07) is 14.3. The highest BCUT2D eigenvalue weighted by atomic mass is 35.5. The van der Waals surface area contributed by atoms with Gasteiger partial charge in [-0.25, -0.2) is 14.5 Å². The number of halogens is 1. The van der Waals surface area contributed by atoms with Crippen molar-refractivity contribution >= 4 is 29.2 Å². The largest absolute Gasteiger partial charge is 0.450 e. The van der Waals surface area contributed by atoms with Crippen molar-refractivity contribution in [1.82, 2.24) is 14.8 Å². The van der Waals surface area contributed by atoms with Crippen LogP contribution in [0.25, 0.3) is 5.69 Å². The summed E-state index contributed by atoms with van der Waals surface area (Å²) >= 11 is 6.15. The van der Waals surface area contributed by atoms with Crippen molar-refractivity contribution in [3.63, 3.8) is 0 Å². The Labute approximate surface area is 160 Å². The van der Waals surface area contributed by atoms with Gasteiger partial charge >= 0.3 is 5.97 Å². The number of hydrogen-bond donors (Lipinski definition) is 1. The normalized spacial score (nSPS) is 10.5. The lowest BCUT2D eigenvalue weighted by atomic mass is 10.2. The lowest BCUT2D eigenvalue weighted by molar-refractivity contribution is -0.119. The van der Waals surface area contributed by atoms with Crippen LogP contribution >= 0.6 is 11.6 Å². The van der Waals surface area contributed by atoms with Gasteiger partial charge in [-0.1, -0.05) is 41.4 Å². The number of nitrogens with one attached hydrogen (secondary N) is 1. The Balaban J connectivity index is 1.63. The van der Waals surface area contributed by atoms with Gasteiger partial charge in [-0.3, -0.25) is 4.79 Å². The van der Waals surface area contributed by atoms with Crippen molar-refractivity contribution in [2.45, 2.75) is 13.8 Å². The van der Waals surface area contributed by atoms with E-state index in [9.17, 15) is 9.59 Å². The molecule has 3 aromatic rings. The third-order valence-corrected chi connectivity index (χ3v) is 4.02. The third-order valence-electron chi connectivity index (χ3n) is 3.70. The third kappa shape index (κ3) is 4.51. The average Bonchev–Trinajstić information content (AvgIpc) is 3.04. The first-order chi connectivity index (χ1) is 12.9. The Kier molecular flexibility index (Phi) is 5.52. The van der Waals surface area contributed by atoms with E-state index in [1.807, 2.05) is 19.1 Å². The minimum Gasteiger partial charge on any atom is -0.450 e. The van der Waals surface area contributed by atoms with Gasteiger partial charge in [0, 0.05) is 5.69 Å². The van der Waals surface area contributed by atoms with E-state index in [4.69, 9.17) is 16.3 Å². The first-order valence-corrected chi connectivity index (χ1v) is 8.54. The summed E-state index contributed by atoms with van der Waals surface area (Å²) in [5.41, 5.74) is 2.30. The molecule has 0 unspecified atom stereocenters. The van der Waals surface area contributed by atoms with Crippen molar-refractivity contribution in [2.75, 3.05) is 11.9 Å². The number of amides is 1. The molecule has 0 bridgehead atoms. The van der Waals surface area contributed by atoms with E-state index in [2.05, 4.69) is 15.4 Å². The summed E-state index contributed by atoms with van der Waals surface area (Å²) in [6.07, 6.45) is 0. The summed E-state index contributed by atoms with van der Waals surface area (Å²) in [7, 11) is 0. The molecule has 27 heavy (non-hydrogen) atoms. The van der Waals surface area contributed by atoms with E-state index in [0.29, 0.717) is 22.2 Å². The molecule has 1 amide bonds. The summed E-state index contributed by atoms with van der Waals surface area (Å²) in [4.78, 5) is 28.2. The van der Waals surface area contributed by atoms with E-state index in [1.165, 1.54) is 4.68 Å². The van der Waals surface area contributed by atoms with Gasteiger partial charge in [-0.2, -0.15) is 0 Å². The van der Waals surface area contributed by atoms with Crippen molar-refractivity contribution in [3.05, 3.63) is 70.8 Å². The Hall–Kier alpha value is -3.19. The highest BCUT2D eigenvalue weighted by Gasteiger charge is 2.19. The van der Waals surface area contributed by atoms with Crippen molar-refractivity contribution < 1.29 is 14.3 Å². The number of carbonyl (C=O) groups is 2. The standard InChI is InChI=1S/C19H17ClN4O3/c1-12-7-9-14(10-8-12)22-17(25)11-27-19(26)18-21-13(2)24(23-18)16-6-4-3-5-15(16)20/h3-10H,11H2,1-2H3,(H,22,25). The molecule has 0 atom stereocenters. The van der Waals surface area contributed by atoms with E-state index in [0.717, 1.165) is 5.56 Å². The van der Waals surface area contributed by atoms with Gasteiger partial charge in [0.15, 0.2) is 6.61 Å². The van der Waals surface area contributed by atoms with Gasteiger partial charge in [0.1, 0.15) is 5.82 Å². The SMILES string of the molecule is Cc1ccc(NC(=O)COC(=O)c2nc(C)n(-c3ccccc3Cl)n2)cc1. The summed E-state index contributed by atoms with van der Waals surface area (Å²) in [5, 5.41) is 7.25. The lowest BCUT2D eigenvalue weighted by Gasteiger charge is -2.06. The molecular formula is C19H17ClN4O3. The molecule has 0 spiro atoms. The molecule has 138 valence electrons. The summed E-state index contributed by atoms with van der Waals surface area (Å²) in [6.45, 7) is 3.20. The molecular weight excluding hydrogens is 368 g/mol. The monoisotopic (exact) mass is 384 g/mol. The molecule has 0 saturated heterocycles. The van der Waals surface area contributed by atoms with E-state index < -0.39 is 18.5 Å². The molecule has 1 heterocycles. The topological polar surface area (TPSA) is 86.1 Å². The maximum Gasteiger partial charge on any atom is 0.378 e. The van der Waals surface area contributed by atoms with Crippen molar-refractivity contribution in [3.8, 4) is 5.69 Å². The molecule has 0 fully saturated rings. The number of hydrogen-bond acceptors (Lipinski definition) is 5. The Morgan fingerprint density at radius 1 is 1.11 bits per heavy atom. The van der Waals surface area contributed by atoms with Crippen LogP contribution in [-0.4, -0.2) is 33.2 Å². The van der Waals surface area contributed by atoms with Crippen LogP contribution in [0.1, 0.15) is 22.0 Å². The molecule has 3 rings (SSSR count). The van der Waals surface area contributed by atoms with Crippen molar-refractivity contribution in [1.29, 1.82) is 0 Å². The first kappa shape index (κ1) is 18.6. The van der Waals surface area contributed by atoms with Crippen LogP contribution < -0.4 is 5.32 Å². The molecule has 0 aliphatic rings. The highest BCUT2D eigenvalue weighted by Crippen LogP contribution is 2.20. The van der Waals surface area contributed by atoms with Crippen LogP contribution in [-0.2, 0) is 9.53 Å². The molecule has 8 heteroatoms. The number of anilines is 1. The van der Waals surface area contributed by atoms with Crippen LogP contribution in [0.5, 0.6) is 0 Å². The number of aryl methyl sites for hydroxylation is 2. The molecule has 2 aromatic carbocycles. The quantitative estimate of drug-likeness (QED) is 0.682. The van der Waals surface area contributed by atoms with Gasteiger partial charge in [-0.05, 0) is 38.1 Å². The second-order valence-electron chi connectivity index (χ2n) is 5.84. The van der Waals surface area contributed by atoms with Gasteiger partial charge in [0.2, 0.25) is 0 Å². The zero-order valence-corrected chi connectivity index (χ0v) is 15.5. The summed E-state index contributed by atoms with van der Waals surface area (Å²) < 4.78 is 6.45. The fourth-order valence-corrected chi connectivity index (χ4v) is 2.57. The van der Waals surface area contributed by atoms with Crippen LogP contribution in [0.2, 0.25) is 5.02 Å². The van der Waals surface area contributed by atoms with Gasteiger partial charge in [0.05, 0.1) is 10.7 Å². The zero-order valence-electron chi connectivity index (χ0n) is 14.8. The van der Waals surface area contributed by atoms with Crippen LogP contribution in [0, 0.1) is 13.8 Å². The number of ether oxygens (including phenoxy) is 1. The first-order valence-electron chi connectivity index (χ1n) is 8.16. The van der Waals surface area contributed by atoms with Crippen LogP contribution in [0.15, 0.2) is 48.5 Å². The van der Waals surface area contributed by atoms with Gasteiger partial charge in [0.25, 0.3) is 11.7 Å². The molecule has 0 radical (unpaired) electrons. The number of benzene rings is 2. The number of rotatable bonds is 5. The van der Waals surface area contributed by atoms with Crippen LogP contribution in [0.4, 0.5) is 5.69 Å². The predicted octanol–water partition coefficient (Wildman–Crippen LogP) is 3.33. The molecule has 0 aliphatic carbocycles. The lowest BCUT2D eigenvalue weighted by Crippen LogP contribution is -2.21. The molecule has 1 aromatic heterocycles. The molecule has 0 aliphatic heterocycles. The van der Waals surface area contributed by atoms with Crippen LogP contribution in [0.3, 0.4) is 0 Å². The minimum atomic E-state index is -0.789. The molecule has 0 saturated carbocycles. The number of para-hydroxylation sites is 1. The van der Waals surface area contributed by atoms with Gasteiger partial charge in [-0.15, -0.1) is 5.10 Å². The molecule has 1 N–H and O–H groups in total. The smallest absolute Gasteiger partial charge is 0.378 e. The number of esters is 1. The fourth-order valence-electron chi connectivity index (χ4n) is 2.36.